The predicted molar refractivity (Wildman–Crippen MR) is 94.9 cm³/mol. The number of likely N-dealkylation sites (tertiary alicyclic amines) is 1. The van der Waals surface area contributed by atoms with Crippen molar-refractivity contribution < 1.29 is 17.6 Å². The highest BCUT2D eigenvalue weighted by atomic mass is 32.2. The molecule has 2 fully saturated rings. The number of hydrogen-bond acceptors (Lipinski definition) is 4. The molecule has 3 heterocycles. The second-order valence-corrected chi connectivity index (χ2v) is 8.67. The predicted octanol–water partition coefficient (Wildman–Crippen LogP) is 2.46. The van der Waals surface area contributed by atoms with E-state index in [0.717, 1.165) is 23.8 Å². The van der Waals surface area contributed by atoms with Gasteiger partial charge in [-0.1, -0.05) is 0 Å². The molecule has 2 aliphatic heterocycles. The Hall–Kier alpha value is -2.06. The molecule has 1 aromatic heterocycles. The fraction of sp³-hybridized carbons (Fsp3) is 0.471. The van der Waals surface area contributed by atoms with Crippen LogP contribution in [0.25, 0.3) is 11.0 Å². The van der Waals surface area contributed by atoms with Gasteiger partial charge in [-0.25, -0.2) is 13.2 Å². The molecule has 1 N–H and O–H groups in total. The van der Waals surface area contributed by atoms with Crippen molar-refractivity contribution in [2.45, 2.75) is 25.3 Å². The number of carbonyl (C=O) groups excluding carboxylic acids is 1. The number of rotatable bonds is 2. The van der Waals surface area contributed by atoms with Crippen LogP contribution < -0.4 is 5.32 Å². The van der Waals surface area contributed by atoms with Crippen molar-refractivity contribution in [1.29, 1.82) is 0 Å². The molecule has 0 aliphatic carbocycles. The van der Waals surface area contributed by atoms with Gasteiger partial charge in [0.15, 0.2) is 0 Å². The summed E-state index contributed by atoms with van der Waals surface area (Å²) in [5.41, 5.74) is 1.39. The van der Waals surface area contributed by atoms with Crippen LogP contribution in [0.1, 0.15) is 19.3 Å². The third-order valence-electron chi connectivity index (χ3n) is 4.94. The van der Waals surface area contributed by atoms with Crippen molar-refractivity contribution in [3.8, 4) is 0 Å². The second kappa shape index (κ2) is 6.34. The Balaban J connectivity index is 1.44. The highest BCUT2D eigenvalue weighted by Gasteiger charge is 2.37. The van der Waals surface area contributed by atoms with Gasteiger partial charge in [-0.15, -0.1) is 0 Å². The molecule has 2 aromatic rings. The van der Waals surface area contributed by atoms with Crippen LogP contribution in [0.2, 0.25) is 0 Å². The number of carbonyl (C=O) groups is 1. The van der Waals surface area contributed by atoms with Crippen molar-refractivity contribution in [2.75, 3.05) is 30.7 Å². The lowest BCUT2D eigenvalue weighted by molar-refractivity contribution is 0.163. The van der Waals surface area contributed by atoms with Crippen LogP contribution in [0, 0.1) is 0 Å². The number of piperidine rings is 1. The molecule has 2 aliphatic rings. The van der Waals surface area contributed by atoms with Gasteiger partial charge >= 0.3 is 6.03 Å². The van der Waals surface area contributed by atoms with E-state index in [1.54, 1.807) is 21.5 Å². The van der Waals surface area contributed by atoms with Crippen molar-refractivity contribution in [3.63, 3.8) is 0 Å². The maximum absolute atomic E-state index is 12.6. The Bertz CT molecular complexity index is 892. The van der Waals surface area contributed by atoms with Gasteiger partial charge < -0.3 is 14.6 Å². The minimum atomic E-state index is -3.15. The number of benzene rings is 1. The molecule has 134 valence electrons. The highest BCUT2D eigenvalue weighted by Crippen LogP contribution is 2.25. The fourth-order valence-electron chi connectivity index (χ4n) is 3.68. The topological polar surface area (TPSA) is 82.9 Å². The van der Waals surface area contributed by atoms with Gasteiger partial charge in [0.2, 0.25) is 10.0 Å². The van der Waals surface area contributed by atoms with E-state index in [1.165, 1.54) is 0 Å². The minimum Gasteiger partial charge on any atom is -0.464 e. The van der Waals surface area contributed by atoms with Gasteiger partial charge in [0.1, 0.15) is 5.58 Å². The lowest BCUT2D eigenvalue weighted by atomic mass is 10.1. The number of anilines is 1. The van der Waals surface area contributed by atoms with Gasteiger partial charge in [-0.2, -0.15) is 4.31 Å². The van der Waals surface area contributed by atoms with Crippen LogP contribution in [0.3, 0.4) is 0 Å². The van der Waals surface area contributed by atoms with E-state index < -0.39 is 10.0 Å². The first kappa shape index (κ1) is 16.4. The zero-order chi connectivity index (χ0) is 17.4. The summed E-state index contributed by atoms with van der Waals surface area (Å²) in [6, 6.07) is 7.07. The summed E-state index contributed by atoms with van der Waals surface area (Å²) in [7, 11) is -3.15. The Morgan fingerprint density at radius 1 is 1.20 bits per heavy atom. The van der Waals surface area contributed by atoms with E-state index in [4.69, 9.17) is 4.42 Å². The zero-order valence-electron chi connectivity index (χ0n) is 13.8. The van der Waals surface area contributed by atoms with Crippen LogP contribution in [-0.4, -0.2) is 55.1 Å². The lowest BCUT2D eigenvalue weighted by Crippen LogP contribution is -2.51. The number of nitrogens with zero attached hydrogens (tertiary/aromatic N) is 2. The van der Waals surface area contributed by atoms with Crippen LogP contribution >= 0.6 is 0 Å². The maximum Gasteiger partial charge on any atom is 0.321 e. The standard InChI is InChI=1S/C17H21N3O4S/c21-17(18-14-5-4-13-6-9-24-16(13)11-14)19-7-1-3-15(12-19)20-8-2-10-25(20,22)23/h4-6,9,11,15H,1-3,7-8,10,12H2,(H,18,21)/t15-/m0/s1. The summed E-state index contributed by atoms with van der Waals surface area (Å²) in [5.74, 6) is 0.221. The van der Waals surface area contributed by atoms with Crippen LogP contribution in [0.4, 0.5) is 10.5 Å². The zero-order valence-corrected chi connectivity index (χ0v) is 14.7. The largest absolute Gasteiger partial charge is 0.464 e. The number of fused-ring (bicyclic) bond motifs is 1. The summed E-state index contributed by atoms with van der Waals surface area (Å²) in [6.07, 6.45) is 3.90. The van der Waals surface area contributed by atoms with E-state index in [9.17, 15) is 13.2 Å². The van der Waals surface area contributed by atoms with E-state index in [-0.39, 0.29) is 17.8 Å². The molecule has 8 heteroatoms. The molecule has 0 radical (unpaired) electrons. The van der Waals surface area contributed by atoms with Gasteiger partial charge in [-0.3, -0.25) is 0 Å². The van der Waals surface area contributed by atoms with Crippen molar-refractivity contribution in [3.05, 3.63) is 30.5 Å². The molecular weight excluding hydrogens is 342 g/mol. The van der Waals surface area contributed by atoms with Gasteiger partial charge in [0, 0.05) is 42.8 Å². The Kier molecular flexibility index (Phi) is 4.16. The number of hydrogen-bond donors (Lipinski definition) is 1. The van der Waals surface area contributed by atoms with Crippen molar-refractivity contribution >= 4 is 32.7 Å². The fourth-order valence-corrected chi connectivity index (χ4v) is 5.44. The van der Waals surface area contributed by atoms with E-state index in [2.05, 4.69) is 5.32 Å². The first-order chi connectivity index (χ1) is 12.0. The van der Waals surface area contributed by atoms with Crippen molar-refractivity contribution in [1.82, 2.24) is 9.21 Å². The summed E-state index contributed by atoms with van der Waals surface area (Å²) in [5, 5.41) is 3.87. The third kappa shape index (κ3) is 3.23. The molecule has 7 nitrogen and oxygen atoms in total. The van der Waals surface area contributed by atoms with Gasteiger partial charge in [0.05, 0.1) is 12.0 Å². The smallest absolute Gasteiger partial charge is 0.321 e. The summed E-state index contributed by atoms with van der Waals surface area (Å²) < 4.78 is 31.2. The monoisotopic (exact) mass is 363 g/mol. The third-order valence-corrected chi connectivity index (χ3v) is 6.94. The average Bonchev–Trinajstić information content (AvgIpc) is 3.20. The van der Waals surface area contributed by atoms with Gasteiger partial charge in [-0.05, 0) is 37.5 Å². The SMILES string of the molecule is O=C(Nc1ccc2ccoc2c1)N1CCC[C@H](N2CCCS2(=O)=O)C1. The molecule has 2 saturated heterocycles. The number of nitrogens with one attached hydrogen (secondary N) is 1. The van der Waals surface area contributed by atoms with Gasteiger partial charge in [0.25, 0.3) is 0 Å². The summed E-state index contributed by atoms with van der Waals surface area (Å²) >= 11 is 0. The molecule has 0 saturated carbocycles. The second-order valence-electron chi connectivity index (χ2n) is 6.63. The van der Waals surface area contributed by atoms with E-state index in [0.29, 0.717) is 31.7 Å². The lowest BCUT2D eigenvalue weighted by Gasteiger charge is -2.36. The Morgan fingerprint density at radius 3 is 2.88 bits per heavy atom. The number of furan rings is 1. The summed E-state index contributed by atoms with van der Waals surface area (Å²) in [4.78, 5) is 14.3. The molecule has 2 amide bonds. The summed E-state index contributed by atoms with van der Waals surface area (Å²) in [6.45, 7) is 1.64. The van der Waals surface area contributed by atoms with Crippen molar-refractivity contribution in [2.24, 2.45) is 0 Å². The number of sulfonamides is 1. The van der Waals surface area contributed by atoms with Crippen LogP contribution in [0.15, 0.2) is 34.9 Å². The minimum absolute atomic E-state index is 0.112. The average molecular weight is 363 g/mol. The number of urea groups is 1. The first-order valence-corrected chi connectivity index (χ1v) is 10.2. The Labute approximate surface area is 146 Å². The quantitative estimate of drug-likeness (QED) is 0.888. The van der Waals surface area contributed by atoms with E-state index >= 15 is 0 Å². The van der Waals surface area contributed by atoms with E-state index in [1.807, 2.05) is 18.2 Å². The normalized spacial score (nSPS) is 23.8. The Morgan fingerprint density at radius 2 is 2.08 bits per heavy atom. The molecule has 0 bridgehead atoms. The molecule has 0 unspecified atom stereocenters. The maximum atomic E-state index is 12.6. The molecule has 4 rings (SSSR count). The first-order valence-electron chi connectivity index (χ1n) is 8.56. The number of amides is 2. The molecule has 25 heavy (non-hydrogen) atoms. The molecule has 0 spiro atoms. The molecular formula is C17H21N3O4S. The molecule has 1 aromatic carbocycles. The van der Waals surface area contributed by atoms with Crippen LogP contribution in [-0.2, 0) is 10.0 Å². The van der Waals surface area contributed by atoms with Crippen LogP contribution in [0.5, 0.6) is 0 Å². The molecule has 1 atom stereocenters. The highest BCUT2D eigenvalue weighted by molar-refractivity contribution is 7.89.